The predicted octanol–water partition coefficient (Wildman–Crippen LogP) is 1.64. The van der Waals surface area contributed by atoms with Crippen LogP contribution in [0.5, 0.6) is 0 Å². The first kappa shape index (κ1) is 8.72. The highest BCUT2D eigenvalue weighted by molar-refractivity contribution is 5.80. The van der Waals surface area contributed by atoms with Gasteiger partial charge in [0, 0.05) is 0 Å². The molecule has 2 unspecified atom stereocenters. The van der Waals surface area contributed by atoms with Crippen LogP contribution in [0, 0.1) is 11.8 Å². The van der Waals surface area contributed by atoms with Gasteiger partial charge in [0.25, 0.3) is 0 Å². The molecule has 2 atom stereocenters. The molecule has 1 fully saturated rings. The van der Waals surface area contributed by atoms with Crippen molar-refractivity contribution in [2.75, 3.05) is 6.61 Å². The first-order valence-electron chi connectivity index (χ1n) is 4.23. The van der Waals surface area contributed by atoms with Crippen LogP contribution in [-0.2, 0) is 9.53 Å². The van der Waals surface area contributed by atoms with Gasteiger partial charge in [-0.3, -0.25) is 4.79 Å². The molecule has 0 aliphatic carbocycles. The van der Waals surface area contributed by atoms with Crippen molar-refractivity contribution in [2.45, 2.75) is 33.3 Å². The van der Waals surface area contributed by atoms with E-state index in [0.717, 1.165) is 13.0 Å². The van der Waals surface area contributed by atoms with Gasteiger partial charge in [-0.1, -0.05) is 13.8 Å². The summed E-state index contributed by atoms with van der Waals surface area (Å²) in [7, 11) is 0. The van der Waals surface area contributed by atoms with Gasteiger partial charge in [0.1, 0.15) is 6.10 Å². The highest BCUT2D eigenvalue weighted by Crippen LogP contribution is 2.26. The van der Waals surface area contributed by atoms with E-state index in [-0.39, 0.29) is 11.9 Å². The number of ketones is 1. The van der Waals surface area contributed by atoms with Gasteiger partial charge in [0.2, 0.25) is 0 Å². The van der Waals surface area contributed by atoms with E-state index in [1.54, 1.807) is 6.92 Å². The summed E-state index contributed by atoms with van der Waals surface area (Å²) in [5, 5.41) is 0. The first-order valence-corrected chi connectivity index (χ1v) is 4.23. The number of hydrogen-bond acceptors (Lipinski definition) is 2. The fourth-order valence-electron chi connectivity index (χ4n) is 1.40. The summed E-state index contributed by atoms with van der Waals surface area (Å²) in [6, 6.07) is 0. The second-order valence-corrected chi connectivity index (χ2v) is 3.67. The van der Waals surface area contributed by atoms with E-state index < -0.39 is 0 Å². The topological polar surface area (TPSA) is 26.3 Å². The van der Waals surface area contributed by atoms with E-state index in [0.29, 0.717) is 11.8 Å². The molecule has 1 aliphatic rings. The van der Waals surface area contributed by atoms with Crippen LogP contribution in [0.1, 0.15) is 27.2 Å². The molecule has 0 bridgehead atoms. The summed E-state index contributed by atoms with van der Waals surface area (Å²) in [4.78, 5) is 10.9. The average Bonchev–Trinajstić information content (AvgIpc) is 2.33. The molecule has 11 heavy (non-hydrogen) atoms. The molecule has 1 aliphatic heterocycles. The summed E-state index contributed by atoms with van der Waals surface area (Å²) in [5.41, 5.74) is 0. The molecule has 0 aromatic rings. The second-order valence-electron chi connectivity index (χ2n) is 3.67. The molecular formula is C9H16O2. The zero-order valence-corrected chi connectivity index (χ0v) is 7.46. The molecular weight excluding hydrogens is 140 g/mol. The van der Waals surface area contributed by atoms with E-state index in [2.05, 4.69) is 13.8 Å². The first-order chi connectivity index (χ1) is 5.11. The maximum absolute atomic E-state index is 10.9. The van der Waals surface area contributed by atoms with Crippen LogP contribution < -0.4 is 0 Å². The molecule has 0 N–H and O–H groups in total. The van der Waals surface area contributed by atoms with E-state index in [1.165, 1.54) is 0 Å². The number of ether oxygens (including phenoxy) is 1. The number of hydrogen-bond donors (Lipinski definition) is 0. The third kappa shape index (κ3) is 2.03. The summed E-state index contributed by atoms with van der Waals surface area (Å²) in [6.45, 7) is 6.72. The highest BCUT2D eigenvalue weighted by Gasteiger charge is 2.29. The molecule has 0 aromatic heterocycles. The van der Waals surface area contributed by atoms with Crippen molar-refractivity contribution in [1.29, 1.82) is 0 Å². The average molecular weight is 156 g/mol. The Kier molecular flexibility index (Phi) is 2.66. The van der Waals surface area contributed by atoms with E-state index in [4.69, 9.17) is 4.74 Å². The van der Waals surface area contributed by atoms with Gasteiger partial charge >= 0.3 is 0 Å². The van der Waals surface area contributed by atoms with Crippen molar-refractivity contribution >= 4 is 5.78 Å². The van der Waals surface area contributed by atoms with Gasteiger partial charge in [0.15, 0.2) is 5.78 Å². The van der Waals surface area contributed by atoms with Crippen LogP contribution in [0.4, 0.5) is 0 Å². The van der Waals surface area contributed by atoms with Crippen LogP contribution in [0.25, 0.3) is 0 Å². The Hall–Kier alpha value is -0.370. The molecule has 2 nitrogen and oxygen atoms in total. The Morgan fingerprint density at radius 2 is 2.18 bits per heavy atom. The summed E-state index contributed by atoms with van der Waals surface area (Å²) >= 11 is 0. The van der Waals surface area contributed by atoms with Gasteiger partial charge in [-0.2, -0.15) is 0 Å². The lowest BCUT2D eigenvalue weighted by molar-refractivity contribution is -0.125. The molecule has 0 aromatic carbocycles. The van der Waals surface area contributed by atoms with Crippen LogP contribution in [0.15, 0.2) is 0 Å². The molecule has 1 saturated heterocycles. The molecule has 0 amide bonds. The summed E-state index contributed by atoms with van der Waals surface area (Å²) in [5.74, 6) is 1.40. The minimum Gasteiger partial charge on any atom is -0.370 e. The quantitative estimate of drug-likeness (QED) is 0.607. The van der Waals surface area contributed by atoms with Crippen molar-refractivity contribution < 1.29 is 9.53 Å². The number of carbonyl (C=O) groups is 1. The van der Waals surface area contributed by atoms with Crippen LogP contribution in [0.3, 0.4) is 0 Å². The van der Waals surface area contributed by atoms with Gasteiger partial charge < -0.3 is 4.74 Å². The standard InChI is InChI=1S/C9H16O2/c1-6(2)8-4-9(7(3)10)11-5-8/h6,8-9H,4-5H2,1-3H3. The zero-order valence-electron chi connectivity index (χ0n) is 7.46. The van der Waals surface area contributed by atoms with E-state index in [9.17, 15) is 4.79 Å². The zero-order chi connectivity index (χ0) is 8.43. The minimum atomic E-state index is -0.109. The van der Waals surface area contributed by atoms with E-state index in [1.807, 2.05) is 0 Å². The number of rotatable bonds is 2. The van der Waals surface area contributed by atoms with Gasteiger partial charge in [-0.05, 0) is 25.2 Å². The third-order valence-corrected chi connectivity index (χ3v) is 2.42. The maximum atomic E-state index is 10.9. The number of Topliss-reactive ketones (excluding diaryl/α,β-unsaturated/α-hetero) is 1. The van der Waals surface area contributed by atoms with Crippen molar-refractivity contribution in [1.82, 2.24) is 0 Å². The Morgan fingerprint density at radius 1 is 1.55 bits per heavy atom. The summed E-state index contributed by atoms with van der Waals surface area (Å²) < 4.78 is 5.34. The van der Waals surface area contributed by atoms with Gasteiger partial charge in [-0.15, -0.1) is 0 Å². The minimum absolute atomic E-state index is 0.109. The highest BCUT2D eigenvalue weighted by atomic mass is 16.5. The second kappa shape index (κ2) is 3.35. The molecule has 1 heterocycles. The van der Waals surface area contributed by atoms with Gasteiger partial charge in [0.05, 0.1) is 6.61 Å². The monoisotopic (exact) mass is 156 g/mol. The maximum Gasteiger partial charge on any atom is 0.158 e. The number of carbonyl (C=O) groups excluding carboxylic acids is 1. The lowest BCUT2D eigenvalue weighted by atomic mass is 9.93. The third-order valence-electron chi connectivity index (χ3n) is 2.42. The van der Waals surface area contributed by atoms with Crippen molar-refractivity contribution in [3.63, 3.8) is 0 Å². The molecule has 0 saturated carbocycles. The molecule has 0 spiro atoms. The lowest BCUT2D eigenvalue weighted by Gasteiger charge is -2.10. The summed E-state index contributed by atoms with van der Waals surface area (Å²) in [6.07, 6.45) is 0.815. The smallest absolute Gasteiger partial charge is 0.158 e. The molecule has 2 heteroatoms. The lowest BCUT2D eigenvalue weighted by Crippen LogP contribution is -2.16. The Morgan fingerprint density at radius 3 is 2.45 bits per heavy atom. The van der Waals surface area contributed by atoms with Gasteiger partial charge in [-0.25, -0.2) is 0 Å². The van der Waals surface area contributed by atoms with Crippen molar-refractivity contribution in [2.24, 2.45) is 11.8 Å². The van der Waals surface area contributed by atoms with Crippen molar-refractivity contribution in [3.05, 3.63) is 0 Å². The van der Waals surface area contributed by atoms with Crippen molar-refractivity contribution in [3.8, 4) is 0 Å². The Balaban J connectivity index is 2.41. The fraction of sp³-hybridized carbons (Fsp3) is 0.889. The normalized spacial score (nSPS) is 31.3. The van der Waals surface area contributed by atoms with E-state index >= 15 is 0 Å². The van der Waals surface area contributed by atoms with Crippen LogP contribution in [0.2, 0.25) is 0 Å². The molecule has 1 rings (SSSR count). The van der Waals surface area contributed by atoms with Crippen LogP contribution >= 0.6 is 0 Å². The molecule has 64 valence electrons. The molecule has 0 radical (unpaired) electrons. The van der Waals surface area contributed by atoms with Crippen LogP contribution in [-0.4, -0.2) is 18.5 Å². The Bertz CT molecular complexity index is 152. The predicted molar refractivity (Wildman–Crippen MR) is 43.4 cm³/mol. The SMILES string of the molecule is CC(=O)C1CC(C(C)C)CO1. The fourth-order valence-corrected chi connectivity index (χ4v) is 1.40. The Labute approximate surface area is 67.9 Å². The largest absolute Gasteiger partial charge is 0.370 e.